The Morgan fingerprint density at radius 1 is 1.20 bits per heavy atom. The number of nitrogens with zero attached hydrogens (tertiary/aromatic N) is 2. The van der Waals surface area contributed by atoms with Crippen LogP contribution in [0.1, 0.15) is 43.6 Å². The maximum atomic E-state index is 6.11. The van der Waals surface area contributed by atoms with Gasteiger partial charge in [0.05, 0.1) is 11.4 Å². The van der Waals surface area contributed by atoms with Gasteiger partial charge in [-0.25, -0.2) is 4.68 Å². The van der Waals surface area contributed by atoms with Crippen molar-refractivity contribution in [2.45, 2.75) is 46.7 Å². The highest BCUT2D eigenvalue weighted by molar-refractivity contribution is 5.65. The van der Waals surface area contributed by atoms with E-state index in [1.807, 2.05) is 11.6 Å². The number of aromatic nitrogens is 2. The second-order valence-electron chi connectivity index (χ2n) is 5.41. The molecule has 2 rings (SSSR count). The first-order valence-electron chi connectivity index (χ1n) is 7.19. The third kappa shape index (κ3) is 2.95. The van der Waals surface area contributed by atoms with Crippen molar-refractivity contribution in [3.8, 4) is 0 Å². The highest BCUT2D eigenvalue weighted by Crippen LogP contribution is 2.26. The van der Waals surface area contributed by atoms with Gasteiger partial charge >= 0.3 is 0 Å². The van der Waals surface area contributed by atoms with Crippen molar-refractivity contribution in [1.82, 2.24) is 9.78 Å². The highest BCUT2D eigenvalue weighted by atomic mass is 15.4. The maximum Gasteiger partial charge on any atom is 0.148 e. The molecule has 108 valence electrons. The van der Waals surface area contributed by atoms with Gasteiger partial charge in [0, 0.05) is 12.6 Å². The molecule has 0 aliphatic rings. The number of nitrogens with two attached hydrogens (primary N) is 1. The quantitative estimate of drug-likeness (QED) is 0.875. The largest absolute Gasteiger partial charge is 0.394 e. The van der Waals surface area contributed by atoms with E-state index in [1.54, 1.807) is 0 Å². The second kappa shape index (κ2) is 5.99. The molecular weight excluding hydrogens is 248 g/mol. The van der Waals surface area contributed by atoms with Crippen molar-refractivity contribution < 1.29 is 0 Å². The Morgan fingerprint density at radius 2 is 1.80 bits per heavy atom. The average Bonchev–Trinajstić information content (AvgIpc) is 2.73. The third-order valence-corrected chi connectivity index (χ3v) is 3.51. The fourth-order valence-corrected chi connectivity index (χ4v) is 2.19. The molecule has 0 aliphatic carbocycles. The summed E-state index contributed by atoms with van der Waals surface area (Å²) in [5.41, 5.74) is 10.3. The minimum absolute atomic E-state index is 0.288. The molecule has 3 N–H and O–H groups in total. The van der Waals surface area contributed by atoms with E-state index < -0.39 is 0 Å². The number of anilines is 2. The maximum absolute atomic E-state index is 6.11. The van der Waals surface area contributed by atoms with E-state index >= 15 is 0 Å². The summed E-state index contributed by atoms with van der Waals surface area (Å²) in [5.74, 6) is 0.914. The molecule has 1 aromatic heterocycles. The summed E-state index contributed by atoms with van der Waals surface area (Å²) in [7, 11) is 0. The van der Waals surface area contributed by atoms with Crippen molar-refractivity contribution in [2.75, 3.05) is 11.1 Å². The Kier molecular flexibility index (Phi) is 4.32. The van der Waals surface area contributed by atoms with Gasteiger partial charge in [-0.2, -0.15) is 5.10 Å². The lowest BCUT2D eigenvalue weighted by Crippen LogP contribution is -2.11. The number of nitrogen functional groups attached to an aromatic ring is 1. The monoisotopic (exact) mass is 272 g/mol. The Bertz CT molecular complexity index is 567. The summed E-state index contributed by atoms with van der Waals surface area (Å²) in [6.07, 6.45) is 1.07. The van der Waals surface area contributed by atoms with Crippen molar-refractivity contribution in [2.24, 2.45) is 0 Å². The molecule has 0 radical (unpaired) electrons. The molecule has 1 heterocycles. The first-order valence-corrected chi connectivity index (χ1v) is 7.19. The number of benzene rings is 1. The predicted molar refractivity (Wildman–Crippen MR) is 84.9 cm³/mol. The standard InChI is InChI=1S/C16H24N4/c1-5-13-6-8-14(9-7-13)10-18-16-15(17)12(4)19-20(16)11(2)3/h6-9,11,18H,5,10,17H2,1-4H3. The number of aryl methyl sites for hydroxylation is 2. The SMILES string of the molecule is CCc1ccc(CNc2c(N)c(C)nn2C(C)C)cc1. The van der Waals surface area contributed by atoms with Gasteiger partial charge in [0.2, 0.25) is 0 Å². The lowest BCUT2D eigenvalue weighted by molar-refractivity contribution is 0.534. The molecule has 0 atom stereocenters. The summed E-state index contributed by atoms with van der Waals surface area (Å²) in [4.78, 5) is 0. The van der Waals surface area contributed by atoms with Gasteiger partial charge in [0.15, 0.2) is 0 Å². The van der Waals surface area contributed by atoms with Crippen LogP contribution in [0, 0.1) is 6.92 Å². The van der Waals surface area contributed by atoms with Crippen molar-refractivity contribution in [3.05, 3.63) is 41.1 Å². The summed E-state index contributed by atoms with van der Waals surface area (Å²) in [5, 5.41) is 7.89. The summed E-state index contributed by atoms with van der Waals surface area (Å²) < 4.78 is 1.95. The molecular formula is C16H24N4. The van der Waals surface area contributed by atoms with Crippen LogP contribution in [-0.2, 0) is 13.0 Å². The van der Waals surface area contributed by atoms with Crippen LogP contribution in [0.3, 0.4) is 0 Å². The zero-order chi connectivity index (χ0) is 14.7. The molecule has 0 saturated heterocycles. The van der Waals surface area contributed by atoms with Crippen LogP contribution in [0.2, 0.25) is 0 Å². The van der Waals surface area contributed by atoms with E-state index in [1.165, 1.54) is 11.1 Å². The van der Waals surface area contributed by atoms with E-state index in [2.05, 4.69) is 55.5 Å². The van der Waals surface area contributed by atoms with Gasteiger partial charge in [0.25, 0.3) is 0 Å². The lowest BCUT2D eigenvalue weighted by Gasteiger charge is -2.13. The predicted octanol–water partition coefficient (Wildman–Crippen LogP) is 3.53. The van der Waals surface area contributed by atoms with E-state index in [0.29, 0.717) is 0 Å². The van der Waals surface area contributed by atoms with Crippen LogP contribution in [0.5, 0.6) is 0 Å². The van der Waals surface area contributed by atoms with Crippen molar-refractivity contribution in [3.63, 3.8) is 0 Å². The van der Waals surface area contributed by atoms with Crippen molar-refractivity contribution >= 4 is 11.5 Å². The van der Waals surface area contributed by atoms with Crippen LogP contribution >= 0.6 is 0 Å². The van der Waals surface area contributed by atoms with E-state index in [0.717, 1.165) is 30.2 Å². The normalized spacial score (nSPS) is 11.1. The summed E-state index contributed by atoms with van der Waals surface area (Å²) in [6.45, 7) is 9.07. The second-order valence-corrected chi connectivity index (χ2v) is 5.41. The van der Waals surface area contributed by atoms with Gasteiger partial charge in [-0.15, -0.1) is 0 Å². The number of hydrogen-bond acceptors (Lipinski definition) is 3. The molecule has 0 amide bonds. The van der Waals surface area contributed by atoms with E-state index in [4.69, 9.17) is 5.73 Å². The van der Waals surface area contributed by atoms with Crippen LogP contribution in [0.4, 0.5) is 11.5 Å². The fourth-order valence-electron chi connectivity index (χ4n) is 2.19. The fraction of sp³-hybridized carbons (Fsp3) is 0.438. The number of hydrogen-bond donors (Lipinski definition) is 2. The lowest BCUT2D eigenvalue weighted by atomic mass is 10.1. The minimum Gasteiger partial charge on any atom is -0.394 e. The molecule has 0 spiro atoms. The Morgan fingerprint density at radius 3 is 2.35 bits per heavy atom. The van der Waals surface area contributed by atoms with Gasteiger partial charge in [-0.05, 0) is 38.3 Å². The molecule has 4 heteroatoms. The molecule has 0 fully saturated rings. The highest BCUT2D eigenvalue weighted by Gasteiger charge is 2.14. The Balaban J connectivity index is 2.13. The molecule has 0 bridgehead atoms. The molecule has 2 aromatic rings. The van der Waals surface area contributed by atoms with Gasteiger partial charge in [0.1, 0.15) is 5.82 Å². The van der Waals surface area contributed by atoms with Crippen LogP contribution in [0.25, 0.3) is 0 Å². The molecule has 4 nitrogen and oxygen atoms in total. The first kappa shape index (κ1) is 14.4. The number of rotatable bonds is 5. The first-order chi connectivity index (χ1) is 9.52. The van der Waals surface area contributed by atoms with E-state index in [-0.39, 0.29) is 6.04 Å². The van der Waals surface area contributed by atoms with Gasteiger partial charge in [-0.3, -0.25) is 0 Å². The zero-order valence-electron chi connectivity index (χ0n) is 12.8. The molecule has 1 aromatic carbocycles. The van der Waals surface area contributed by atoms with Crippen LogP contribution in [0.15, 0.2) is 24.3 Å². The molecule has 0 aliphatic heterocycles. The molecule has 0 saturated carbocycles. The average molecular weight is 272 g/mol. The summed E-state index contributed by atoms with van der Waals surface area (Å²) >= 11 is 0. The minimum atomic E-state index is 0.288. The smallest absolute Gasteiger partial charge is 0.148 e. The van der Waals surface area contributed by atoms with Gasteiger partial charge < -0.3 is 11.1 Å². The zero-order valence-corrected chi connectivity index (χ0v) is 12.8. The topological polar surface area (TPSA) is 55.9 Å². The van der Waals surface area contributed by atoms with Gasteiger partial charge in [-0.1, -0.05) is 31.2 Å². The Hall–Kier alpha value is -1.97. The number of nitrogens with one attached hydrogen (secondary N) is 1. The van der Waals surface area contributed by atoms with E-state index in [9.17, 15) is 0 Å². The van der Waals surface area contributed by atoms with Crippen molar-refractivity contribution in [1.29, 1.82) is 0 Å². The van der Waals surface area contributed by atoms with Crippen LogP contribution in [-0.4, -0.2) is 9.78 Å². The molecule has 0 unspecified atom stereocenters. The summed E-state index contributed by atoms with van der Waals surface area (Å²) in [6, 6.07) is 8.95. The third-order valence-electron chi connectivity index (χ3n) is 3.51. The Labute approximate surface area is 121 Å². The molecule has 20 heavy (non-hydrogen) atoms. The van der Waals surface area contributed by atoms with Crippen LogP contribution < -0.4 is 11.1 Å².